The number of nitrogens with zero attached hydrogens (tertiary/aromatic N) is 4. The van der Waals surface area contributed by atoms with E-state index in [9.17, 15) is 9.59 Å². The van der Waals surface area contributed by atoms with Gasteiger partial charge in [-0.15, -0.1) is 5.10 Å². The monoisotopic (exact) mass is 277 g/mol. The summed E-state index contributed by atoms with van der Waals surface area (Å²) in [6.07, 6.45) is 1.57. The number of aromatic amines is 1. The van der Waals surface area contributed by atoms with E-state index in [0.717, 1.165) is 5.69 Å². The SMILES string of the molecule is Cc1cc(=O)c(-c2nnnn2CC(C)CC(=O)O)c[nH]1. The zero-order chi connectivity index (χ0) is 14.7. The van der Waals surface area contributed by atoms with Gasteiger partial charge in [0.2, 0.25) is 0 Å². The lowest BCUT2D eigenvalue weighted by atomic mass is 10.1. The maximum Gasteiger partial charge on any atom is 0.303 e. The molecule has 0 saturated heterocycles. The number of carboxylic acids is 1. The summed E-state index contributed by atoms with van der Waals surface area (Å²) in [4.78, 5) is 25.5. The number of aromatic nitrogens is 5. The predicted octanol–water partition coefficient (Wildman–Crippen LogP) is 0.448. The zero-order valence-electron chi connectivity index (χ0n) is 11.2. The third-order valence-electron chi connectivity index (χ3n) is 2.84. The van der Waals surface area contributed by atoms with Crippen molar-refractivity contribution in [2.75, 3.05) is 0 Å². The highest BCUT2D eigenvalue weighted by Gasteiger charge is 2.16. The lowest BCUT2D eigenvalue weighted by molar-refractivity contribution is -0.138. The minimum absolute atomic E-state index is 0.0174. The molecule has 1 unspecified atom stereocenters. The molecule has 1 atom stereocenters. The molecule has 2 rings (SSSR count). The number of rotatable bonds is 5. The van der Waals surface area contributed by atoms with E-state index < -0.39 is 5.97 Å². The van der Waals surface area contributed by atoms with Gasteiger partial charge in [0.05, 0.1) is 5.56 Å². The maximum absolute atomic E-state index is 11.9. The van der Waals surface area contributed by atoms with Crippen LogP contribution < -0.4 is 5.43 Å². The molecule has 0 aliphatic rings. The molecule has 20 heavy (non-hydrogen) atoms. The van der Waals surface area contributed by atoms with Crippen molar-refractivity contribution in [3.8, 4) is 11.4 Å². The second kappa shape index (κ2) is 5.64. The second-order valence-electron chi connectivity index (χ2n) is 4.78. The molecule has 2 N–H and O–H groups in total. The summed E-state index contributed by atoms with van der Waals surface area (Å²) in [6.45, 7) is 3.91. The Morgan fingerprint density at radius 2 is 2.30 bits per heavy atom. The number of hydrogen-bond acceptors (Lipinski definition) is 5. The highest BCUT2D eigenvalue weighted by Crippen LogP contribution is 2.13. The molecule has 8 heteroatoms. The van der Waals surface area contributed by atoms with Gasteiger partial charge in [-0.2, -0.15) is 0 Å². The summed E-state index contributed by atoms with van der Waals surface area (Å²) in [7, 11) is 0. The molecule has 0 spiro atoms. The molecule has 2 aromatic rings. The lowest BCUT2D eigenvalue weighted by Gasteiger charge is -2.09. The van der Waals surface area contributed by atoms with Crippen molar-refractivity contribution in [1.82, 2.24) is 25.2 Å². The average molecular weight is 277 g/mol. The summed E-state index contributed by atoms with van der Waals surface area (Å²) in [5, 5.41) is 20.0. The first-order valence-corrected chi connectivity index (χ1v) is 6.15. The maximum atomic E-state index is 11.9. The normalized spacial score (nSPS) is 12.3. The van der Waals surface area contributed by atoms with E-state index in [4.69, 9.17) is 5.11 Å². The van der Waals surface area contributed by atoms with Crippen LogP contribution >= 0.6 is 0 Å². The largest absolute Gasteiger partial charge is 0.481 e. The van der Waals surface area contributed by atoms with Gasteiger partial charge in [0, 0.05) is 30.9 Å². The van der Waals surface area contributed by atoms with Gasteiger partial charge in [-0.25, -0.2) is 4.68 Å². The Morgan fingerprint density at radius 1 is 1.55 bits per heavy atom. The molecule has 0 aliphatic carbocycles. The molecule has 0 aliphatic heterocycles. The topological polar surface area (TPSA) is 114 Å². The van der Waals surface area contributed by atoms with Gasteiger partial charge in [0.15, 0.2) is 11.3 Å². The van der Waals surface area contributed by atoms with E-state index in [2.05, 4.69) is 20.5 Å². The van der Waals surface area contributed by atoms with Crippen molar-refractivity contribution < 1.29 is 9.90 Å². The Morgan fingerprint density at radius 3 is 2.95 bits per heavy atom. The fourth-order valence-corrected chi connectivity index (χ4v) is 1.93. The van der Waals surface area contributed by atoms with Gasteiger partial charge in [0.25, 0.3) is 0 Å². The summed E-state index contributed by atoms with van der Waals surface area (Å²) in [6, 6.07) is 1.47. The lowest BCUT2D eigenvalue weighted by Crippen LogP contribution is -2.16. The van der Waals surface area contributed by atoms with E-state index in [1.165, 1.54) is 10.7 Å². The predicted molar refractivity (Wildman–Crippen MR) is 70.0 cm³/mol. The number of aliphatic carboxylic acids is 1. The molecule has 0 fully saturated rings. The first kappa shape index (κ1) is 13.9. The first-order valence-electron chi connectivity index (χ1n) is 6.15. The minimum atomic E-state index is -0.875. The van der Waals surface area contributed by atoms with Gasteiger partial charge in [-0.3, -0.25) is 9.59 Å². The molecule has 8 nitrogen and oxygen atoms in total. The molecular weight excluding hydrogens is 262 g/mol. The van der Waals surface area contributed by atoms with E-state index in [1.54, 1.807) is 20.0 Å². The molecular formula is C12H15N5O3. The van der Waals surface area contributed by atoms with Crippen molar-refractivity contribution in [1.29, 1.82) is 0 Å². The third-order valence-corrected chi connectivity index (χ3v) is 2.84. The van der Waals surface area contributed by atoms with Gasteiger partial charge < -0.3 is 10.1 Å². The molecule has 2 heterocycles. The number of nitrogens with one attached hydrogen (secondary N) is 1. The number of aryl methyl sites for hydroxylation is 1. The number of carboxylic acid groups (broad SMARTS) is 1. The Labute approximate surface area is 114 Å². The second-order valence-corrected chi connectivity index (χ2v) is 4.78. The summed E-state index contributed by atoms with van der Waals surface area (Å²) in [5.41, 5.74) is 0.934. The van der Waals surface area contributed by atoms with E-state index in [1.807, 2.05) is 0 Å². The van der Waals surface area contributed by atoms with E-state index in [0.29, 0.717) is 17.9 Å². The Balaban J connectivity index is 2.28. The van der Waals surface area contributed by atoms with Gasteiger partial charge in [0.1, 0.15) is 0 Å². The van der Waals surface area contributed by atoms with Crippen LogP contribution in [0.3, 0.4) is 0 Å². The number of hydrogen-bond donors (Lipinski definition) is 2. The van der Waals surface area contributed by atoms with Crippen LogP contribution in [0.4, 0.5) is 0 Å². The van der Waals surface area contributed by atoms with Crippen molar-refractivity contribution in [3.63, 3.8) is 0 Å². The molecule has 2 aromatic heterocycles. The van der Waals surface area contributed by atoms with Crippen molar-refractivity contribution in [3.05, 3.63) is 28.2 Å². The summed E-state index contributed by atoms with van der Waals surface area (Å²) >= 11 is 0. The van der Waals surface area contributed by atoms with Crippen molar-refractivity contribution >= 4 is 5.97 Å². The van der Waals surface area contributed by atoms with Crippen LogP contribution in [0.25, 0.3) is 11.4 Å². The molecule has 0 amide bonds. The quantitative estimate of drug-likeness (QED) is 0.820. The van der Waals surface area contributed by atoms with E-state index >= 15 is 0 Å². The Hall–Kier alpha value is -2.51. The summed E-state index contributed by atoms with van der Waals surface area (Å²) < 4.78 is 1.45. The molecule has 0 bridgehead atoms. The molecule has 0 saturated carbocycles. The number of H-pyrrole nitrogens is 1. The van der Waals surface area contributed by atoms with Crippen LogP contribution in [0.2, 0.25) is 0 Å². The van der Waals surface area contributed by atoms with E-state index in [-0.39, 0.29) is 17.8 Å². The fraction of sp³-hybridized carbons (Fsp3) is 0.417. The number of pyridine rings is 1. The van der Waals surface area contributed by atoms with Crippen LogP contribution in [0.5, 0.6) is 0 Å². The fourth-order valence-electron chi connectivity index (χ4n) is 1.93. The summed E-state index contributed by atoms with van der Waals surface area (Å²) in [5.74, 6) is -0.678. The van der Waals surface area contributed by atoms with Gasteiger partial charge in [-0.1, -0.05) is 6.92 Å². The van der Waals surface area contributed by atoms with Crippen LogP contribution in [-0.2, 0) is 11.3 Å². The van der Waals surface area contributed by atoms with Crippen LogP contribution in [0.1, 0.15) is 19.0 Å². The highest BCUT2D eigenvalue weighted by molar-refractivity contribution is 5.66. The smallest absolute Gasteiger partial charge is 0.303 e. The third kappa shape index (κ3) is 3.08. The molecule has 0 radical (unpaired) electrons. The Bertz CT molecular complexity index is 676. The van der Waals surface area contributed by atoms with Gasteiger partial charge in [-0.05, 0) is 23.3 Å². The van der Waals surface area contributed by atoms with Gasteiger partial charge >= 0.3 is 5.97 Å². The first-order chi connectivity index (χ1) is 9.47. The Kier molecular flexibility index (Phi) is 3.92. The number of carbonyl (C=O) groups is 1. The average Bonchev–Trinajstić information content (AvgIpc) is 2.75. The molecule has 106 valence electrons. The van der Waals surface area contributed by atoms with Crippen molar-refractivity contribution in [2.24, 2.45) is 5.92 Å². The zero-order valence-corrected chi connectivity index (χ0v) is 11.2. The molecule has 0 aromatic carbocycles. The van der Waals surface area contributed by atoms with Crippen molar-refractivity contribution in [2.45, 2.75) is 26.8 Å². The van der Waals surface area contributed by atoms with Crippen LogP contribution in [-0.4, -0.2) is 36.3 Å². The standard InChI is InChI=1S/C12H15N5O3/c1-7(3-11(19)20)6-17-12(14-15-16-17)9-5-13-8(2)4-10(9)18/h4-5,7H,3,6H2,1-2H3,(H,13,18)(H,19,20). The highest BCUT2D eigenvalue weighted by atomic mass is 16.4. The van der Waals surface area contributed by atoms with Crippen LogP contribution in [0.15, 0.2) is 17.1 Å². The number of tetrazole rings is 1. The minimum Gasteiger partial charge on any atom is -0.481 e. The van der Waals surface area contributed by atoms with Crippen LogP contribution in [0, 0.1) is 12.8 Å².